The van der Waals surface area contributed by atoms with Gasteiger partial charge in [0.25, 0.3) is 0 Å². The largest absolute Gasteiger partial charge is 0.744 e. The van der Waals surface area contributed by atoms with Gasteiger partial charge in [-0.2, -0.15) is 0 Å². The van der Waals surface area contributed by atoms with Gasteiger partial charge in [-0.3, -0.25) is 0 Å². The van der Waals surface area contributed by atoms with Gasteiger partial charge in [0.1, 0.15) is 20.2 Å². The first-order valence-corrected chi connectivity index (χ1v) is 9.70. The maximum Gasteiger partial charge on any atom is 0.185 e. The molecule has 0 bridgehead atoms. The second-order valence-corrected chi connectivity index (χ2v) is 8.02. The average molecular weight is 364 g/mol. The predicted molar refractivity (Wildman–Crippen MR) is 75.4 cm³/mol. The van der Waals surface area contributed by atoms with Crippen molar-refractivity contribution in [2.24, 2.45) is 0 Å². The Morgan fingerprint density at radius 3 is 2.30 bits per heavy atom. The molecule has 0 aliphatic carbocycles. The SMILES string of the molecule is CCC1CC(C)OC(c2cc(S(=O)(=O)[O-])ccc2S(=O)(=O)[O-])O1. The highest BCUT2D eigenvalue weighted by atomic mass is 32.2. The Balaban J connectivity index is 2.57. The van der Waals surface area contributed by atoms with E-state index in [-0.39, 0.29) is 17.8 Å². The van der Waals surface area contributed by atoms with Gasteiger partial charge in [-0.05, 0) is 38.0 Å². The van der Waals surface area contributed by atoms with Crippen molar-refractivity contribution in [3.8, 4) is 0 Å². The Labute approximate surface area is 134 Å². The van der Waals surface area contributed by atoms with Crippen molar-refractivity contribution in [2.75, 3.05) is 0 Å². The van der Waals surface area contributed by atoms with E-state index in [1.807, 2.05) is 6.92 Å². The first-order chi connectivity index (χ1) is 10.5. The molecule has 130 valence electrons. The fourth-order valence-corrected chi connectivity index (χ4v) is 3.59. The summed E-state index contributed by atoms with van der Waals surface area (Å²) in [4.78, 5) is -1.32. The molecule has 1 heterocycles. The molecule has 3 atom stereocenters. The minimum atomic E-state index is -4.89. The molecular formula is C13H16O8S2-2. The van der Waals surface area contributed by atoms with Crippen molar-refractivity contribution in [3.05, 3.63) is 23.8 Å². The van der Waals surface area contributed by atoms with E-state index in [1.54, 1.807) is 6.92 Å². The van der Waals surface area contributed by atoms with Crippen molar-refractivity contribution in [1.82, 2.24) is 0 Å². The normalized spacial score (nSPS) is 26.2. The number of ether oxygens (including phenoxy) is 2. The van der Waals surface area contributed by atoms with E-state index in [4.69, 9.17) is 9.47 Å². The molecule has 1 aliphatic heterocycles. The summed E-state index contributed by atoms with van der Waals surface area (Å²) in [6.45, 7) is 3.61. The minimum absolute atomic E-state index is 0.238. The van der Waals surface area contributed by atoms with Gasteiger partial charge >= 0.3 is 0 Å². The summed E-state index contributed by atoms with van der Waals surface area (Å²) >= 11 is 0. The first-order valence-electron chi connectivity index (χ1n) is 6.89. The van der Waals surface area contributed by atoms with Crippen LogP contribution in [0.5, 0.6) is 0 Å². The monoisotopic (exact) mass is 364 g/mol. The molecule has 3 unspecified atom stereocenters. The molecule has 23 heavy (non-hydrogen) atoms. The fraction of sp³-hybridized carbons (Fsp3) is 0.538. The van der Waals surface area contributed by atoms with Crippen molar-refractivity contribution in [2.45, 2.75) is 55.0 Å². The van der Waals surface area contributed by atoms with E-state index in [1.165, 1.54) is 0 Å². The zero-order valence-corrected chi connectivity index (χ0v) is 14.1. The Bertz CT molecular complexity index is 784. The van der Waals surface area contributed by atoms with E-state index in [9.17, 15) is 25.9 Å². The summed E-state index contributed by atoms with van der Waals surface area (Å²) in [5.74, 6) is 0. The molecule has 0 aromatic heterocycles. The molecule has 0 N–H and O–H groups in total. The molecular weight excluding hydrogens is 348 g/mol. The maximum atomic E-state index is 11.4. The zero-order chi connectivity index (χ0) is 17.4. The van der Waals surface area contributed by atoms with E-state index in [0.717, 1.165) is 18.2 Å². The summed E-state index contributed by atoms with van der Waals surface area (Å²) in [5.41, 5.74) is -0.276. The smallest absolute Gasteiger partial charge is 0.185 e. The van der Waals surface area contributed by atoms with Crippen LogP contribution in [0.2, 0.25) is 0 Å². The third-order valence-corrected chi connectivity index (χ3v) is 5.26. The van der Waals surface area contributed by atoms with E-state index in [2.05, 4.69) is 0 Å². The summed E-state index contributed by atoms with van der Waals surface area (Å²) in [6.07, 6.45) is -0.550. The van der Waals surface area contributed by atoms with Crippen LogP contribution in [0, 0.1) is 0 Å². The van der Waals surface area contributed by atoms with Crippen molar-refractivity contribution in [1.29, 1.82) is 0 Å². The van der Waals surface area contributed by atoms with Crippen LogP contribution in [-0.2, 0) is 29.7 Å². The maximum absolute atomic E-state index is 11.4. The van der Waals surface area contributed by atoms with Crippen LogP contribution in [0.1, 0.15) is 38.5 Å². The Morgan fingerprint density at radius 1 is 1.13 bits per heavy atom. The van der Waals surface area contributed by atoms with Crippen LogP contribution in [0.15, 0.2) is 28.0 Å². The lowest BCUT2D eigenvalue weighted by Crippen LogP contribution is -2.32. The van der Waals surface area contributed by atoms with Crippen molar-refractivity contribution >= 4 is 20.2 Å². The highest BCUT2D eigenvalue weighted by molar-refractivity contribution is 7.86. The molecule has 10 heteroatoms. The lowest BCUT2D eigenvalue weighted by Gasteiger charge is -2.35. The fourth-order valence-electron chi connectivity index (χ4n) is 2.40. The lowest BCUT2D eigenvalue weighted by atomic mass is 10.1. The second-order valence-electron chi connectivity index (χ2n) is 5.29. The quantitative estimate of drug-likeness (QED) is 0.725. The summed E-state index contributed by atoms with van der Waals surface area (Å²) in [5, 5.41) is 0. The molecule has 0 spiro atoms. The van der Waals surface area contributed by atoms with E-state index >= 15 is 0 Å². The minimum Gasteiger partial charge on any atom is -0.744 e. The molecule has 1 saturated heterocycles. The molecule has 8 nitrogen and oxygen atoms in total. The van der Waals surface area contributed by atoms with Crippen LogP contribution in [0.25, 0.3) is 0 Å². The molecule has 0 radical (unpaired) electrons. The summed E-state index contributed by atoms with van der Waals surface area (Å²) in [7, 11) is -9.71. The second kappa shape index (κ2) is 6.46. The van der Waals surface area contributed by atoms with Gasteiger partial charge in [-0.25, -0.2) is 16.8 Å². The van der Waals surface area contributed by atoms with Gasteiger partial charge < -0.3 is 18.6 Å². The van der Waals surface area contributed by atoms with Crippen LogP contribution < -0.4 is 0 Å². The summed E-state index contributed by atoms with van der Waals surface area (Å²) in [6, 6.07) is 2.39. The number of rotatable bonds is 4. The molecule has 1 fully saturated rings. The average Bonchev–Trinajstić information content (AvgIpc) is 2.44. The van der Waals surface area contributed by atoms with Gasteiger partial charge in [0.2, 0.25) is 0 Å². The predicted octanol–water partition coefficient (Wildman–Crippen LogP) is 1.10. The van der Waals surface area contributed by atoms with Crippen molar-refractivity contribution < 1.29 is 35.4 Å². The van der Waals surface area contributed by atoms with E-state index in [0.29, 0.717) is 12.8 Å². The highest BCUT2D eigenvalue weighted by Crippen LogP contribution is 2.35. The molecule has 0 saturated carbocycles. The van der Waals surface area contributed by atoms with Crippen LogP contribution in [0.4, 0.5) is 0 Å². The third kappa shape index (κ3) is 4.28. The van der Waals surface area contributed by atoms with Gasteiger partial charge in [0.15, 0.2) is 6.29 Å². The highest BCUT2D eigenvalue weighted by Gasteiger charge is 2.31. The van der Waals surface area contributed by atoms with Crippen LogP contribution in [-0.4, -0.2) is 38.1 Å². The first kappa shape index (κ1) is 18.3. The molecule has 1 aromatic carbocycles. The number of hydrogen-bond acceptors (Lipinski definition) is 8. The third-order valence-electron chi connectivity index (χ3n) is 3.52. The molecule has 1 aromatic rings. The van der Waals surface area contributed by atoms with Gasteiger partial charge in [-0.1, -0.05) is 6.92 Å². The lowest BCUT2D eigenvalue weighted by molar-refractivity contribution is -0.245. The van der Waals surface area contributed by atoms with Crippen LogP contribution in [0.3, 0.4) is 0 Å². The standard InChI is InChI=1S/C13H18O8S2/c1-3-9-6-8(2)20-13(21-9)11-7-10(22(14,15)16)4-5-12(11)23(17,18)19/h4-5,7-9,13H,3,6H2,1-2H3,(H,14,15,16)(H,17,18,19)/p-2. The number of benzene rings is 1. The number of hydrogen-bond donors (Lipinski definition) is 0. The topological polar surface area (TPSA) is 133 Å². The Hall–Kier alpha value is -1.04. The van der Waals surface area contributed by atoms with Gasteiger partial charge in [-0.15, -0.1) is 0 Å². The van der Waals surface area contributed by atoms with Crippen LogP contribution >= 0.6 is 0 Å². The molecule has 0 amide bonds. The Kier molecular flexibility index (Phi) is 5.14. The van der Waals surface area contributed by atoms with Gasteiger partial charge in [0.05, 0.1) is 22.0 Å². The molecule has 1 aliphatic rings. The molecule has 2 rings (SSSR count). The summed E-state index contributed by atoms with van der Waals surface area (Å²) < 4.78 is 78.7. The van der Waals surface area contributed by atoms with E-state index < -0.39 is 36.3 Å². The van der Waals surface area contributed by atoms with Crippen molar-refractivity contribution in [3.63, 3.8) is 0 Å². The zero-order valence-electron chi connectivity index (χ0n) is 12.5. The van der Waals surface area contributed by atoms with Gasteiger partial charge in [0, 0.05) is 5.56 Å². The Morgan fingerprint density at radius 2 is 1.78 bits per heavy atom.